The van der Waals surface area contributed by atoms with Crippen LogP contribution in [0.15, 0.2) is 0 Å². The molecule has 0 rings (SSSR count). The largest absolute Gasteiger partial charge is 0.375 e. The van der Waals surface area contributed by atoms with Gasteiger partial charge in [0, 0.05) is 14.2 Å². The summed E-state index contributed by atoms with van der Waals surface area (Å²) in [5.41, 5.74) is 4.81. The van der Waals surface area contributed by atoms with Gasteiger partial charge in [-0.15, -0.1) is 0 Å². The summed E-state index contributed by atoms with van der Waals surface area (Å²) in [4.78, 5) is 10.3. The van der Waals surface area contributed by atoms with Gasteiger partial charge >= 0.3 is 0 Å². The number of methoxy groups -OCH3 is 1. The second-order valence-corrected chi connectivity index (χ2v) is 1.23. The van der Waals surface area contributed by atoms with E-state index in [1.54, 1.807) is 7.05 Å². The highest BCUT2D eigenvalue weighted by atomic mass is 16.5. The van der Waals surface area contributed by atoms with Crippen molar-refractivity contribution in [2.75, 3.05) is 20.8 Å². The summed E-state index contributed by atoms with van der Waals surface area (Å²) >= 11 is 0. The summed E-state index contributed by atoms with van der Waals surface area (Å²) in [6.45, 7) is 0.0981. The molecule has 0 aliphatic carbocycles. The normalized spacial score (nSPS) is 8.75. The van der Waals surface area contributed by atoms with Gasteiger partial charge in [-0.2, -0.15) is 0 Å². The van der Waals surface area contributed by atoms with E-state index in [0.717, 1.165) is 0 Å². The third kappa shape index (κ3) is 3.58. The van der Waals surface area contributed by atoms with E-state index in [4.69, 9.17) is 0 Å². The average molecular weight is 118 g/mol. The molecule has 0 aromatic carbocycles. The Balaban J connectivity index is 3.06. The fraction of sp³-hybridized carbons (Fsp3) is 0.750. The highest BCUT2D eigenvalue weighted by Gasteiger charge is 1.93. The van der Waals surface area contributed by atoms with Crippen molar-refractivity contribution in [3.63, 3.8) is 0 Å². The molecule has 0 heterocycles. The van der Waals surface area contributed by atoms with E-state index >= 15 is 0 Å². The molecule has 0 bridgehead atoms. The van der Waals surface area contributed by atoms with Gasteiger partial charge in [-0.05, 0) is 0 Å². The first kappa shape index (κ1) is 7.39. The quantitative estimate of drug-likeness (QED) is 0.462. The third-order valence-electron chi connectivity index (χ3n) is 0.540. The smallest absolute Gasteiger partial charge is 0.260 e. The number of carbonyl (C=O) groups excluding carboxylic acids is 1. The Labute approximate surface area is 48.2 Å². The summed E-state index contributed by atoms with van der Waals surface area (Å²) in [5.74, 6) is -0.171. The van der Waals surface area contributed by atoms with E-state index in [-0.39, 0.29) is 12.5 Å². The summed E-state index contributed by atoms with van der Waals surface area (Å²) < 4.78 is 4.50. The minimum atomic E-state index is -0.171. The number of carbonyl (C=O) groups is 1. The molecule has 48 valence electrons. The second-order valence-electron chi connectivity index (χ2n) is 1.23. The lowest BCUT2D eigenvalue weighted by Crippen LogP contribution is -2.36. The molecule has 4 nitrogen and oxygen atoms in total. The Hall–Kier alpha value is -0.610. The second kappa shape index (κ2) is 4.55. The summed E-state index contributed by atoms with van der Waals surface area (Å²) in [6, 6.07) is 0. The van der Waals surface area contributed by atoms with Gasteiger partial charge in [-0.1, -0.05) is 0 Å². The van der Waals surface area contributed by atoms with Crippen molar-refractivity contribution in [3.05, 3.63) is 0 Å². The van der Waals surface area contributed by atoms with Crippen molar-refractivity contribution in [2.24, 2.45) is 0 Å². The lowest BCUT2D eigenvalue weighted by Gasteiger charge is -1.98. The fourth-order valence-electron chi connectivity index (χ4n) is 0.307. The minimum absolute atomic E-state index is 0.0981. The van der Waals surface area contributed by atoms with Crippen LogP contribution in [0.1, 0.15) is 0 Å². The van der Waals surface area contributed by atoms with Crippen LogP contribution >= 0.6 is 0 Å². The number of amides is 1. The van der Waals surface area contributed by atoms with Crippen LogP contribution in [0, 0.1) is 0 Å². The maximum Gasteiger partial charge on any atom is 0.260 e. The van der Waals surface area contributed by atoms with Crippen molar-refractivity contribution in [2.45, 2.75) is 0 Å². The summed E-state index contributed by atoms with van der Waals surface area (Å²) in [6.07, 6.45) is 0. The Bertz CT molecular complexity index is 66.4. The SMILES string of the molecule is CNNC(=O)COC. The number of rotatable bonds is 3. The van der Waals surface area contributed by atoms with Gasteiger partial charge < -0.3 is 4.74 Å². The zero-order chi connectivity index (χ0) is 6.41. The van der Waals surface area contributed by atoms with Crippen molar-refractivity contribution < 1.29 is 9.53 Å². The maximum absolute atomic E-state index is 10.3. The van der Waals surface area contributed by atoms with Gasteiger partial charge in [-0.25, -0.2) is 5.43 Å². The predicted octanol–water partition coefficient (Wildman–Crippen LogP) is -1.12. The highest BCUT2D eigenvalue weighted by Crippen LogP contribution is 1.63. The molecule has 0 radical (unpaired) electrons. The van der Waals surface area contributed by atoms with Crippen LogP contribution in [-0.2, 0) is 9.53 Å². The standard InChI is InChI=1S/C4H10N2O2/c1-5-6-4(7)3-8-2/h5H,3H2,1-2H3,(H,6,7). The predicted molar refractivity (Wildman–Crippen MR) is 29.1 cm³/mol. The first-order valence-electron chi connectivity index (χ1n) is 2.25. The van der Waals surface area contributed by atoms with E-state index < -0.39 is 0 Å². The van der Waals surface area contributed by atoms with Crippen molar-refractivity contribution >= 4 is 5.91 Å². The fourth-order valence-corrected chi connectivity index (χ4v) is 0.307. The Morgan fingerprint density at radius 3 is 2.75 bits per heavy atom. The van der Waals surface area contributed by atoms with Crippen LogP contribution in [0.25, 0.3) is 0 Å². The summed E-state index contributed by atoms with van der Waals surface area (Å²) in [7, 11) is 3.09. The van der Waals surface area contributed by atoms with Gasteiger partial charge in [0.15, 0.2) is 0 Å². The Morgan fingerprint density at radius 1 is 1.75 bits per heavy atom. The zero-order valence-corrected chi connectivity index (χ0v) is 5.02. The van der Waals surface area contributed by atoms with Gasteiger partial charge in [0.25, 0.3) is 5.91 Å². The average Bonchev–Trinajstić information content (AvgIpc) is 1.68. The molecular formula is C4H10N2O2. The molecule has 8 heavy (non-hydrogen) atoms. The van der Waals surface area contributed by atoms with E-state index in [1.807, 2.05) is 0 Å². The van der Waals surface area contributed by atoms with Crippen LogP contribution in [0.2, 0.25) is 0 Å². The number of hydrogen-bond donors (Lipinski definition) is 2. The molecule has 2 N–H and O–H groups in total. The molecule has 0 aliphatic heterocycles. The lowest BCUT2D eigenvalue weighted by atomic mass is 10.7. The van der Waals surface area contributed by atoms with E-state index in [9.17, 15) is 4.79 Å². The molecule has 0 fully saturated rings. The van der Waals surface area contributed by atoms with E-state index in [2.05, 4.69) is 15.6 Å². The minimum Gasteiger partial charge on any atom is -0.375 e. The molecule has 4 heteroatoms. The Morgan fingerprint density at radius 2 is 2.38 bits per heavy atom. The first-order valence-corrected chi connectivity index (χ1v) is 2.25. The molecule has 0 aliphatic rings. The van der Waals surface area contributed by atoms with Crippen LogP contribution < -0.4 is 10.9 Å². The van der Waals surface area contributed by atoms with Gasteiger partial charge in [0.05, 0.1) is 0 Å². The lowest BCUT2D eigenvalue weighted by molar-refractivity contribution is -0.125. The molecule has 0 aromatic heterocycles. The number of hydrazine groups is 1. The van der Waals surface area contributed by atoms with Crippen LogP contribution in [-0.4, -0.2) is 26.7 Å². The summed E-state index contributed by atoms with van der Waals surface area (Å²) in [5, 5.41) is 0. The molecule has 0 spiro atoms. The third-order valence-corrected chi connectivity index (χ3v) is 0.540. The maximum atomic E-state index is 10.3. The number of ether oxygens (including phenoxy) is 1. The van der Waals surface area contributed by atoms with E-state index in [1.165, 1.54) is 7.11 Å². The number of hydrogen-bond acceptors (Lipinski definition) is 3. The van der Waals surface area contributed by atoms with Crippen molar-refractivity contribution in [1.29, 1.82) is 0 Å². The highest BCUT2D eigenvalue weighted by molar-refractivity contribution is 5.76. The van der Waals surface area contributed by atoms with Gasteiger partial charge in [0.2, 0.25) is 0 Å². The molecule has 0 saturated carbocycles. The Kier molecular flexibility index (Phi) is 4.20. The van der Waals surface area contributed by atoms with Crippen LogP contribution in [0.4, 0.5) is 0 Å². The monoisotopic (exact) mass is 118 g/mol. The van der Waals surface area contributed by atoms with Gasteiger partial charge in [0.1, 0.15) is 6.61 Å². The van der Waals surface area contributed by atoms with Crippen LogP contribution in [0.5, 0.6) is 0 Å². The van der Waals surface area contributed by atoms with Crippen LogP contribution in [0.3, 0.4) is 0 Å². The van der Waals surface area contributed by atoms with Crippen molar-refractivity contribution in [1.82, 2.24) is 10.9 Å². The molecule has 0 saturated heterocycles. The molecule has 0 unspecified atom stereocenters. The zero-order valence-electron chi connectivity index (χ0n) is 5.02. The molecule has 1 amide bonds. The first-order chi connectivity index (χ1) is 3.81. The topological polar surface area (TPSA) is 50.4 Å². The van der Waals surface area contributed by atoms with Crippen molar-refractivity contribution in [3.8, 4) is 0 Å². The van der Waals surface area contributed by atoms with Gasteiger partial charge in [-0.3, -0.25) is 10.2 Å². The molecular weight excluding hydrogens is 108 g/mol. The van der Waals surface area contributed by atoms with E-state index in [0.29, 0.717) is 0 Å². The molecule has 0 atom stereocenters. The molecule has 0 aromatic rings. The number of nitrogens with one attached hydrogen (secondary N) is 2.